The van der Waals surface area contributed by atoms with Crippen LogP contribution in [0.25, 0.3) is 11.8 Å². The molecule has 0 unspecified atom stereocenters. The van der Waals surface area contributed by atoms with Crippen LogP contribution in [-0.2, 0) is 19.1 Å². The Bertz CT molecular complexity index is 1130. The van der Waals surface area contributed by atoms with E-state index in [4.69, 9.17) is 32.7 Å². The summed E-state index contributed by atoms with van der Waals surface area (Å²) in [7, 11) is 1.47. The molecule has 174 valence electrons. The second kappa shape index (κ2) is 12.1. The van der Waals surface area contributed by atoms with Crippen molar-refractivity contribution in [2.24, 2.45) is 0 Å². The summed E-state index contributed by atoms with van der Waals surface area (Å²) in [5.41, 5.74) is 2.43. The highest BCUT2D eigenvalue weighted by atomic mass is 35.5. The zero-order chi connectivity index (χ0) is 24.5. The summed E-state index contributed by atoms with van der Waals surface area (Å²) in [6, 6.07) is 8.02. The Labute approximate surface area is 200 Å². The van der Waals surface area contributed by atoms with Crippen LogP contribution in [0.2, 0.25) is 10.0 Å². The molecule has 0 atom stereocenters. The number of nitrogens with one attached hydrogen (secondary N) is 2. The predicted octanol–water partition coefficient (Wildman–Crippen LogP) is 3.32. The first kappa shape index (κ1) is 25.9. The number of halogens is 2. The third kappa shape index (κ3) is 6.83. The molecule has 1 aromatic heterocycles. The van der Waals surface area contributed by atoms with Gasteiger partial charge in [0.1, 0.15) is 11.6 Å². The number of nitriles is 1. The minimum Gasteiger partial charge on any atom is -0.451 e. The molecule has 1 aromatic carbocycles. The number of carbonyl (C=O) groups excluding carboxylic acids is 3. The van der Waals surface area contributed by atoms with Crippen LogP contribution in [0.5, 0.6) is 0 Å². The number of hydrogen-bond acceptors (Lipinski definition) is 6. The molecule has 0 aliphatic rings. The lowest BCUT2D eigenvalue weighted by Crippen LogP contribution is -2.42. The zero-order valence-electron chi connectivity index (χ0n) is 18.2. The number of aryl methyl sites for hydroxylation is 1. The van der Waals surface area contributed by atoms with Crippen LogP contribution >= 0.6 is 23.2 Å². The molecular weight excluding hydrogens is 471 g/mol. The summed E-state index contributed by atoms with van der Waals surface area (Å²) >= 11 is 12.5. The number of benzene rings is 1. The highest BCUT2D eigenvalue weighted by molar-refractivity contribution is 6.43. The first-order valence-electron chi connectivity index (χ1n) is 9.68. The van der Waals surface area contributed by atoms with Crippen LogP contribution in [0, 0.1) is 25.2 Å². The van der Waals surface area contributed by atoms with Crippen LogP contribution in [0.3, 0.4) is 0 Å². The van der Waals surface area contributed by atoms with E-state index in [0.717, 1.165) is 5.69 Å². The lowest BCUT2D eigenvalue weighted by molar-refractivity contribution is -0.144. The van der Waals surface area contributed by atoms with Crippen LogP contribution in [-0.4, -0.2) is 49.3 Å². The maximum atomic E-state index is 12.3. The zero-order valence-corrected chi connectivity index (χ0v) is 19.7. The van der Waals surface area contributed by atoms with E-state index in [0.29, 0.717) is 27.0 Å². The molecule has 2 rings (SSSR count). The smallest absolute Gasteiger partial charge is 0.349 e. The predicted molar refractivity (Wildman–Crippen MR) is 123 cm³/mol. The average Bonchev–Trinajstić information content (AvgIpc) is 3.05. The molecule has 1 heterocycles. The summed E-state index contributed by atoms with van der Waals surface area (Å²) in [5, 5.41) is 14.6. The fourth-order valence-corrected chi connectivity index (χ4v) is 3.32. The number of ether oxygens (including phenoxy) is 2. The standard InChI is InChI=1S/C22H22Cl2N4O5/c1-13-9-15(14(2)28(13)18-6-4-5-17(23)20(18)24)10-16(11-25)21(30)33-12-19(29)27-22(31)26-7-8-32-3/h4-6,9-10H,7-8,12H2,1-3H3,(H2,26,27,29,31)/b16-10+. The van der Waals surface area contributed by atoms with Gasteiger partial charge >= 0.3 is 12.0 Å². The van der Waals surface area contributed by atoms with Crippen molar-refractivity contribution in [2.45, 2.75) is 13.8 Å². The number of carbonyl (C=O) groups is 3. The highest BCUT2D eigenvalue weighted by Gasteiger charge is 2.18. The molecule has 0 spiro atoms. The van der Waals surface area contributed by atoms with Gasteiger partial charge in [0.05, 0.1) is 22.3 Å². The number of hydrogen-bond donors (Lipinski definition) is 2. The van der Waals surface area contributed by atoms with E-state index in [2.05, 4.69) is 5.32 Å². The van der Waals surface area contributed by atoms with Gasteiger partial charge in [-0.25, -0.2) is 9.59 Å². The number of urea groups is 1. The Morgan fingerprint density at radius 2 is 1.97 bits per heavy atom. The Morgan fingerprint density at radius 1 is 1.24 bits per heavy atom. The average molecular weight is 493 g/mol. The van der Waals surface area contributed by atoms with Crippen molar-refractivity contribution >= 4 is 47.2 Å². The van der Waals surface area contributed by atoms with Gasteiger partial charge in [-0.05, 0) is 43.7 Å². The Balaban J connectivity index is 2.12. The Morgan fingerprint density at radius 3 is 2.64 bits per heavy atom. The molecule has 11 heteroatoms. The van der Waals surface area contributed by atoms with Crippen molar-refractivity contribution in [2.75, 3.05) is 26.9 Å². The monoisotopic (exact) mass is 492 g/mol. The molecule has 33 heavy (non-hydrogen) atoms. The molecule has 0 aliphatic heterocycles. The summed E-state index contributed by atoms with van der Waals surface area (Å²) in [4.78, 5) is 35.6. The van der Waals surface area contributed by atoms with E-state index in [9.17, 15) is 19.6 Å². The summed E-state index contributed by atoms with van der Waals surface area (Å²) in [6.07, 6.45) is 1.36. The number of methoxy groups -OCH3 is 1. The van der Waals surface area contributed by atoms with Crippen molar-refractivity contribution in [1.29, 1.82) is 5.26 Å². The molecule has 0 saturated carbocycles. The molecule has 0 fully saturated rings. The molecule has 2 aromatic rings. The third-order valence-corrected chi connectivity index (χ3v) is 5.27. The first-order valence-corrected chi connectivity index (χ1v) is 10.4. The van der Waals surface area contributed by atoms with Gasteiger partial charge in [0, 0.05) is 25.0 Å². The summed E-state index contributed by atoms with van der Waals surface area (Å²) < 4.78 is 11.5. The number of amides is 3. The molecule has 0 radical (unpaired) electrons. The quantitative estimate of drug-likeness (QED) is 0.252. The van der Waals surface area contributed by atoms with E-state index in [1.54, 1.807) is 37.3 Å². The number of nitrogens with zero attached hydrogens (tertiary/aromatic N) is 2. The first-order chi connectivity index (χ1) is 15.7. The van der Waals surface area contributed by atoms with Crippen LogP contribution < -0.4 is 10.6 Å². The SMILES string of the molecule is COCCNC(=O)NC(=O)COC(=O)/C(C#N)=C/c1cc(C)n(-c2cccc(Cl)c2Cl)c1C. The Kier molecular flexibility index (Phi) is 9.48. The maximum Gasteiger partial charge on any atom is 0.349 e. The molecule has 3 amide bonds. The van der Waals surface area contributed by atoms with E-state index in [1.807, 2.05) is 16.8 Å². The van der Waals surface area contributed by atoms with Gasteiger partial charge in [0.25, 0.3) is 5.91 Å². The van der Waals surface area contributed by atoms with Gasteiger partial charge in [0.2, 0.25) is 0 Å². The van der Waals surface area contributed by atoms with Gasteiger partial charge < -0.3 is 19.4 Å². The molecular formula is C22H22Cl2N4O5. The van der Waals surface area contributed by atoms with Crippen molar-refractivity contribution < 1.29 is 23.9 Å². The van der Waals surface area contributed by atoms with Crippen LogP contribution in [0.1, 0.15) is 17.0 Å². The van der Waals surface area contributed by atoms with E-state index < -0.39 is 24.5 Å². The molecule has 0 aliphatic carbocycles. The van der Waals surface area contributed by atoms with E-state index in [1.165, 1.54) is 13.2 Å². The van der Waals surface area contributed by atoms with E-state index in [-0.39, 0.29) is 18.7 Å². The van der Waals surface area contributed by atoms with Gasteiger partial charge in [-0.2, -0.15) is 5.26 Å². The van der Waals surface area contributed by atoms with Crippen molar-refractivity contribution in [1.82, 2.24) is 15.2 Å². The van der Waals surface area contributed by atoms with Crippen LogP contribution in [0.4, 0.5) is 4.79 Å². The molecule has 0 saturated heterocycles. The van der Waals surface area contributed by atoms with Crippen molar-refractivity contribution in [3.05, 3.63) is 56.8 Å². The van der Waals surface area contributed by atoms with Gasteiger partial charge in [-0.15, -0.1) is 0 Å². The fraction of sp³-hybridized carbons (Fsp3) is 0.273. The topological polar surface area (TPSA) is 122 Å². The number of aromatic nitrogens is 1. The largest absolute Gasteiger partial charge is 0.451 e. The minimum atomic E-state index is -1.00. The lowest BCUT2D eigenvalue weighted by atomic mass is 10.1. The lowest BCUT2D eigenvalue weighted by Gasteiger charge is -2.12. The number of rotatable bonds is 8. The molecule has 9 nitrogen and oxygen atoms in total. The molecule has 2 N–H and O–H groups in total. The highest BCUT2D eigenvalue weighted by Crippen LogP contribution is 2.32. The van der Waals surface area contributed by atoms with Crippen molar-refractivity contribution in [3.63, 3.8) is 0 Å². The maximum absolute atomic E-state index is 12.3. The van der Waals surface area contributed by atoms with Crippen LogP contribution in [0.15, 0.2) is 29.8 Å². The number of imide groups is 1. The minimum absolute atomic E-state index is 0.204. The Hall–Kier alpha value is -3.32. The second-order valence-corrected chi connectivity index (χ2v) is 7.56. The summed E-state index contributed by atoms with van der Waals surface area (Å²) in [5.74, 6) is -1.85. The van der Waals surface area contributed by atoms with Gasteiger partial charge in [-0.1, -0.05) is 29.3 Å². The second-order valence-electron chi connectivity index (χ2n) is 6.78. The number of esters is 1. The van der Waals surface area contributed by atoms with Gasteiger partial charge in [0.15, 0.2) is 6.61 Å². The normalized spacial score (nSPS) is 11.0. The van der Waals surface area contributed by atoms with Gasteiger partial charge in [-0.3, -0.25) is 10.1 Å². The third-order valence-electron chi connectivity index (χ3n) is 4.46. The van der Waals surface area contributed by atoms with E-state index >= 15 is 0 Å². The fourth-order valence-electron chi connectivity index (χ4n) is 2.94. The van der Waals surface area contributed by atoms with Crippen molar-refractivity contribution in [3.8, 4) is 11.8 Å². The molecule has 0 bridgehead atoms. The summed E-state index contributed by atoms with van der Waals surface area (Å²) in [6.45, 7) is 3.39.